The Kier molecular flexibility index (Phi) is 13.9. The predicted octanol–water partition coefficient (Wildman–Crippen LogP) is 3.55. The van der Waals surface area contributed by atoms with E-state index in [1.54, 1.807) is 30.3 Å². The van der Waals surface area contributed by atoms with E-state index in [1.807, 2.05) is 6.07 Å². The molecule has 0 heterocycles. The number of esters is 2. The fourth-order valence-corrected chi connectivity index (χ4v) is 2.40. The molecule has 0 bridgehead atoms. The molecular weight excluding hydrogens is 646 g/mol. The van der Waals surface area contributed by atoms with Gasteiger partial charge < -0.3 is 29.2 Å². The molecule has 0 radical (unpaired) electrons. The molecular formula is C22H24I2O8. The van der Waals surface area contributed by atoms with Crippen LogP contribution in [0.15, 0.2) is 61.7 Å². The summed E-state index contributed by atoms with van der Waals surface area (Å²) in [5.74, 6) is -0.165. The summed E-state index contributed by atoms with van der Waals surface area (Å²) in [5.41, 5.74) is 0. The topological polar surface area (TPSA) is 112 Å². The Morgan fingerprint density at radius 1 is 0.875 bits per heavy atom. The van der Waals surface area contributed by atoms with Crippen molar-refractivity contribution in [3.8, 4) is 11.5 Å². The van der Waals surface area contributed by atoms with Crippen LogP contribution in [-0.4, -0.2) is 60.8 Å². The maximum atomic E-state index is 11.0. The number of benzene rings is 2. The zero-order chi connectivity index (χ0) is 23.9. The number of aliphatic hydroxyl groups is 2. The molecule has 2 atom stereocenters. The lowest BCUT2D eigenvalue weighted by atomic mass is 10.1. The second-order valence-electron chi connectivity index (χ2n) is 6.24. The largest absolute Gasteiger partial charge is 0.491 e. The monoisotopic (exact) mass is 670 g/mol. The van der Waals surface area contributed by atoms with Crippen LogP contribution in [0.25, 0.3) is 10.8 Å². The number of hydrogen-bond acceptors (Lipinski definition) is 8. The lowest BCUT2D eigenvalue weighted by Crippen LogP contribution is -2.25. The number of halogens is 2. The van der Waals surface area contributed by atoms with Gasteiger partial charge in [0.1, 0.15) is 50.1 Å². The zero-order valence-electron chi connectivity index (χ0n) is 17.1. The summed E-state index contributed by atoms with van der Waals surface area (Å²) in [7, 11) is 0. The molecule has 2 aromatic carbocycles. The van der Waals surface area contributed by atoms with Gasteiger partial charge in [0.05, 0.1) is 0 Å². The fourth-order valence-electron chi connectivity index (χ4n) is 2.40. The molecule has 8 nitrogen and oxygen atoms in total. The van der Waals surface area contributed by atoms with Gasteiger partial charge in [-0.3, -0.25) is 0 Å². The number of carbonyl (C=O) groups excluding carboxylic acids is 2. The van der Waals surface area contributed by atoms with E-state index in [0.717, 1.165) is 22.9 Å². The first-order valence-electron chi connectivity index (χ1n) is 9.30. The molecule has 0 aliphatic rings. The summed E-state index contributed by atoms with van der Waals surface area (Å²) >= 11 is 4.24. The van der Waals surface area contributed by atoms with Crippen molar-refractivity contribution in [1.29, 1.82) is 0 Å². The summed E-state index contributed by atoms with van der Waals surface area (Å²) in [6.07, 6.45) is 0.0770. The highest BCUT2D eigenvalue weighted by Gasteiger charge is 2.11. The number of aliphatic hydroxyl groups excluding tert-OH is 2. The highest BCUT2D eigenvalue weighted by molar-refractivity contribution is 15.0. The van der Waals surface area contributed by atoms with Crippen LogP contribution in [0.5, 0.6) is 11.5 Å². The Bertz CT molecular complexity index is 903. The Morgan fingerprint density at radius 3 is 2.00 bits per heavy atom. The third-order valence-electron chi connectivity index (χ3n) is 3.85. The molecule has 0 saturated heterocycles. The van der Waals surface area contributed by atoms with Crippen LogP contribution in [0.3, 0.4) is 0 Å². The van der Waals surface area contributed by atoms with Gasteiger partial charge in [-0.25, -0.2) is 9.59 Å². The third-order valence-corrected chi connectivity index (χ3v) is 3.85. The van der Waals surface area contributed by atoms with Gasteiger partial charge in [-0.05, 0) is 29.7 Å². The number of fused-ring (bicyclic) bond motifs is 1. The van der Waals surface area contributed by atoms with Crippen LogP contribution in [-0.2, 0) is 19.1 Å². The van der Waals surface area contributed by atoms with Crippen molar-refractivity contribution in [1.82, 2.24) is 0 Å². The molecule has 0 fully saturated rings. The SMILES string of the molecule is C=CC(=O)OCC(O)COc1ccc2c(OCC(O)COC(=O)C=C)cccc2c1.II. The normalized spacial score (nSPS) is 11.9. The van der Waals surface area contributed by atoms with Crippen molar-refractivity contribution in [2.24, 2.45) is 0 Å². The molecule has 2 N–H and O–H groups in total. The summed E-state index contributed by atoms with van der Waals surface area (Å²) in [6, 6.07) is 10.7. The molecule has 0 aliphatic carbocycles. The number of ether oxygens (including phenoxy) is 4. The highest BCUT2D eigenvalue weighted by Crippen LogP contribution is 2.29. The molecule has 0 aliphatic heterocycles. The lowest BCUT2D eigenvalue weighted by molar-refractivity contribution is -0.142. The molecule has 0 amide bonds. The second-order valence-corrected chi connectivity index (χ2v) is 6.24. The standard InChI is InChI=1S/C22H24O8.I2/c1-3-21(25)29-13-16(23)11-27-18-8-9-19-15(10-18)6-5-7-20(19)28-12-17(24)14-30-22(26)4-2;1-2/h3-10,16-17,23-24H,1-2,11-14H2;. The minimum Gasteiger partial charge on any atom is -0.491 e. The van der Waals surface area contributed by atoms with Gasteiger partial charge in [0.15, 0.2) is 0 Å². The van der Waals surface area contributed by atoms with Crippen LogP contribution in [0.1, 0.15) is 0 Å². The quantitative estimate of drug-likeness (QED) is 0.201. The van der Waals surface area contributed by atoms with E-state index >= 15 is 0 Å². The maximum absolute atomic E-state index is 11.0. The summed E-state index contributed by atoms with van der Waals surface area (Å²) in [6.45, 7) is 6.05. The van der Waals surface area contributed by atoms with E-state index in [2.05, 4.69) is 50.4 Å². The molecule has 0 saturated carbocycles. The van der Waals surface area contributed by atoms with Crippen molar-refractivity contribution in [3.05, 3.63) is 61.7 Å². The average Bonchev–Trinajstić information content (AvgIpc) is 2.83. The minimum atomic E-state index is -0.983. The predicted molar refractivity (Wildman–Crippen MR) is 137 cm³/mol. The Morgan fingerprint density at radius 2 is 1.44 bits per heavy atom. The molecule has 2 rings (SSSR count). The molecule has 32 heavy (non-hydrogen) atoms. The molecule has 0 spiro atoms. The third kappa shape index (κ3) is 10.1. The average molecular weight is 670 g/mol. The fraction of sp³-hybridized carbons (Fsp3) is 0.273. The summed E-state index contributed by atoms with van der Waals surface area (Å²) in [5, 5.41) is 21.3. The first kappa shape index (κ1) is 28.1. The summed E-state index contributed by atoms with van der Waals surface area (Å²) in [4.78, 5) is 22.0. The first-order chi connectivity index (χ1) is 15.4. The second kappa shape index (κ2) is 15.8. The van der Waals surface area contributed by atoms with Gasteiger partial charge in [0, 0.05) is 54.8 Å². The zero-order valence-corrected chi connectivity index (χ0v) is 21.4. The van der Waals surface area contributed by atoms with Crippen LogP contribution >= 0.6 is 37.2 Å². The van der Waals surface area contributed by atoms with Crippen LogP contribution in [0.2, 0.25) is 0 Å². The van der Waals surface area contributed by atoms with Crippen molar-refractivity contribution >= 4 is 59.9 Å². The molecule has 174 valence electrons. The van der Waals surface area contributed by atoms with Crippen LogP contribution in [0, 0.1) is 0 Å². The van der Waals surface area contributed by atoms with E-state index in [4.69, 9.17) is 18.9 Å². The van der Waals surface area contributed by atoms with Gasteiger partial charge in [-0.2, -0.15) is 0 Å². The van der Waals surface area contributed by atoms with Crippen molar-refractivity contribution in [2.45, 2.75) is 12.2 Å². The molecule has 2 unspecified atom stereocenters. The van der Waals surface area contributed by atoms with Crippen molar-refractivity contribution in [3.63, 3.8) is 0 Å². The number of hydrogen-bond donors (Lipinski definition) is 2. The van der Waals surface area contributed by atoms with E-state index in [1.165, 1.54) is 0 Å². The van der Waals surface area contributed by atoms with Gasteiger partial charge >= 0.3 is 11.9 Å². The Labute approximate surface area is 209 Å². The van der Waals surface area contributed by atoms with Crippen LogP contribution < -0.4 is 9.47 Å². The first-order valence-corrected chi connectivity index (χ1v) is 15.6. The number of rotatable bonds is 12. The van der Waals surface area contributed by atoms with Gasteiger partial charge in [0.25, 0.3) is 0 Å². The lowest BCUT2D eigenvalue weighted by Gasteiger charge is -2.15. The van der Waals surface area contributed by atoms with Crippen LogP contribution in [0.4, 0.5) is 0 Å². The van der Waals surface area contributed by atoms with Gasteiger partial charge in [-0.15, -0.1) is 0 Å². The van der Waals surface area contributed by atoms with Crippen molar-refractivity contribution in [2.75, 3.05) is 26.4 Å². The summed E-state index contributed by atoms with van der Waals surface area (Å²) < 4.78 is 20.7. The van der Waals surface area contributed by atoms with E-state index in [0.29, 0.717) is 11.5 Å². The molecule has 2 aromatic rings. The minimum absolute atomic E-state index is 0.0538. The van der Waals surface area contributed by atoms with E-state index < -0.39 is 24.1 Å². The molecule has 0 aromatic heterocycles. The Hall–Kier alpha value is -1.90. The smallest absolute Gasteiger partial charge is 0.330 e. The Balaban J connectivity index is 0.00000249. The highest BCUT2D eigenvalue weighted by atomic mass is 128. The molecule has 10 heteroatoms. The number of carbonyl (C=O) groups is 2. The van der Waals surface area contributed by atoms with Gasteiger partial charge in [0.2, 0.25) is 0 Å². The van der Waals surface area contributed by atoms with Gasteiger partial charge in [-0.1, -0.05) is 25.3 Å². The maximum Gasteiger partial charge on any atom is 0.330 e. The van der Waals surface area contributed by atoms with E-state index in [-0.39, 0.29) is 26.4 Å². The van der Waals surface area contributed by atoms with E-state index in [9.17, 15) is 19.8 Å². The van der Waals surface area contributed by atoms with Crippen molar-refractivity contribution < 1.29 is 38.7 Å².